The largest absolute Gasteiger partial charge is 0.368 e. The first kappa shape index (κ1) is 23.1. The van der Waals surface area contributed by atoms with E-state index in [9.17, 15) is 18.4 Å². The minimum absolute atomic E-state index is 0.120. The maximum atomic E-state index is 14.6. The highest BCUT2D eigenvalue weighted by Crippen LogP contribution is 2.37. The molecule has 188 valence electrons. The van der Waals surface area contributed by atoms with E-state index in [1.807, 2.05) is 6.07 Å². The molecule has 0 spiro atoms. The molecule has 6 rings (SSSR count). The van der Waals surface area contributed by atoms with E-state index >= 15 is 0 Å². The SMILES string of the molecule is O=C(NC1CC1)c1ncc(N2CCN([C@H]3CC[C@@H](c4cc5cccc(F)c5c(=O)[nH]4)C3)CC2)cc1F. The van der Waals surface area contributed by atoms with Crippen molar-refractivity contribution >= 4 is 22.4 Å². The molecule has 0 unspecified atom stereocenters. The Balaban J connectivity index is 1.07. The van der Waals surface area contributed by atoms with Crippen molar-refractivity contribution in [1.29, 1.82) is 0 Å². The normalized spacial score (nSPS) is 22.8. The molecular weight excluding hydrogens is 464 g/mol. The van der Waals surface area contributed by atoms with Gasteiger partial charge >= 0.3 is 0 Å². The van der Waals surface area contributed by atoms with Crippen LogP contribution in [0.4, 0.5) is 14.5 Å². The number of anilines is 1. The zero-order valence-corrected chi connectivity index (χ0v) is 20.0. The Hall–Kier alpha value is -3.33. The first-order chi connectivity index (χ1) is 17.5. The van der Waals surface area contributed by atoms with Crippen LogP contribution in [0.2, 0.25) is 0 Å². The summed E-state index contributed by atoms with van der Waals surface area (Å²) in [7, 11) is 0. The first-order valence-corrected chi connectivity index (χ1v) is 12.7. The molecule has 2 aromatic heterocycles. The molecule has 3 fully saturated rings. The van der Waals surface area contributed by atoms with Gasteiger partial charge in [-0.3, -0.25) is 14.5 Å². The highest BCUT2D eigenvalue weighted by atomic mass is 19.1. The molecule has 1 aromatic carbocycles. The maximum absolute atomic E-state index is 14.6. The molecule has 36 heavy (non-hydrogen) atoms. The Labute approximate surface area is 207 Å². The van der Waals surface area contributed by atoms with Gasteiger partial charge in [0.15, 0.2) is 11.5 Å². The molecule has 7 nitrogen and oxygen atoms in total. The van der Waals surface area contributed by atoms with Gasteiger partial charge in [0, 0.05) is 55.9 Å². The van der Waals surface area contributed by atoms with Gasteiger partial charge in [-0.15, -0.1) is 0 Å². The molecule has 2 aliphatic carbocycles. The Bertz CT molecular complexity index is 1360. The fraction of sp³-hybridized carbons (Fsp3) is 0.444. The fourth-order valence-corrected chi connectivity index (χ4v) is 5.68. The van der Waals surface area contributed by atoms with Crippen LogP contribution >= 0.6 is 0 Å². The van der Waals surface area contributed by atoms with Gasteiger partial charge in [-0.2, -0.15) is 0 Å². The van der Waals surface area contributed by atoms with Crippen molar-refractivity contribution in [3.63, 3.8) is 0 Å². The second-order valence-electron chi connectivity index (χ2n) is 10.2. The smallest absolute Gasteiger partial charge is 0.273 e. The third-order valence-corrected chi connectivity index (χ3v) is 7.84. The van der Waals surface area contributed by atoms with E-state index in [2.05, 4.69) is 25.1 Å². The lowest BCUT2D eigenvalue weighted by Crippen LogP contribution is -2.49. The van der Waals surface area contributed by atoms with E-state index in [-0.39, 0.29) is 28.6 Å². The number of rotatable bonds is 5. The minimum atomic E-state index is -0.587. The number of pyridine rings is 2. The summed E-state index contributed by atoms with van der Waals surface area (Å²) in [5.74, 6) is -1.29. The number of aromatic nitrogens is 2. The number of nitrogens with one attached hydrogen (secondary N) is 2. The number of amides is 1. The molecule has 0 radical (unpaired) electrons. The summed E-state index contributed by atoms with van der Waals surface area (Å²) in [6, 6.07) is 8.63. The predicted octanol–water partition coefficient (Wildman–Crippen LogP) is 3.55. The molecule has 2 atom stereocenters. The van der Waals surface area contributed by atoms with E-state index in [0.717, 1.165) is 64.0 Å². The van der Waals surface area contributed by atoms with Crippen LogP contribution in [0.15, 0.2) is 41.3 Å². The molecule has 1 aliphatic heterocycles. The van der Waals surface area contributed by atoms with Crippen LogP contribution in [0.5, 0.6) is 0 Å². The topological polar surface area (TPSA) is 81.3 Å². The van der Waals surface area contributed by atoms with Crippen LogP contribution in [0, 0.1) is 11.6 Å². The maximum Gasteiger partial charge on any atom is 0.273 e. The summed E-state index contributed by atoms with van der Waals surface area (Å²) in [4.78, 5) is 36.3. The average Bonchev–Trinajstić information content (AvgIpc) is 3.54. The summed E-state index contributed by atoms with van der Waals surface area (Å²) in [5.41, 5.74) is 1.07. The molecule has 3 heterocycles. The van der Waals surface area contributed by atoms with E-state index in [4.69, 9.17) is 0 Å². The number of fused-ring (bicyclic) bond motifs is 1. The van der Waals surface area contributed by atoms with Crippen molar-refractivity contribution < 1.29 is 13.6 Å². The number of piperazine rings is 1. The number of nitrogens with zero attached hydrogens (tertiary/aromatic N) is 3. The quantitative estimate of drug-likeness (QED) is 0.568. The zero-order chi connectivity index (χ0) is 24.8. The number of hydrogen-bond acceptors (Lipinski definition) is 5. The Morgan fingerprint density at radius 3 is 2.58 bits per heavy atom. The Kier molecular flexibility index (Phi) is 5.95. The number of aromatic amines is 1. The molecular formula is C27H29F2N5O2. The van der Waals surface area contributed by atoms with Crippen molar-refractivity contribution in [3.05, 3.63) is 69.9 Å². The number of carbonyl (C=O) groups is 1. The van der Waals surface area contributed by atoms with Crippen molar-refractivity contribution in [3.8, 4) is 0 Å². The van der Waals surface area contributed by atoms with Gasteiger partial charge in [0.05, 0.1) is 17.3 Å². The van der Waals surface area contributed by atoms with E-state index in [1.54, 1.807) is 18.3 Å². The molecule has 1 saturated heterocycles. The number of carbonyl (C=O) groups excluding carboxylic acids is 1. The Morgan fingerprint density at radius 2 is 1.83 bits per heavy atom. The summed E-state index contributed by atoms with van der Waals surface area (Å²) in [5, 5.41) is 3.54. The fourth-order valence-electron chi connectivity index (χ4n) is 5.68. The number of benzene rings is 1. The van der Waals surface area contributed by atoms with Crippen LogP contribution in [-0.4, -0.2) is 59.0 Å². The van der Waals surface area contributed by atoms with E-state index < -0.39 is 17.5 Å². The molecule has 2 N–H and O–H groups in total. The highest BCUT2D eigenvalue weighted by molar-refractivity contribution is 5.93. The molecule has 1 amide bonds. The second-order valence-corrected chi connectivity index (χ2v) is 10.2. The summed E-state index contributed by atoms with van der Waals surface area (Å²) in [6.45, 7) is 3.20. The summed E-state index contributed by atoms with van der Waals surface area (Å²) < 4.78 is 28.7. The van der Waals surface area contributed by atoms with Gasteiger partial charge < -0.3 is 15.2 Å². The minimum Gasteiger partial charge on any atom is -0.368 e. The van der Waals surface area contributed by atoms with Gasteiger partial charge in [0.2, 0.25) is 0 Å². The Morgan fingerprint density at radius 1 is 1.03 bits per heavy atom. The van der Waals surface area contributed by atoms with Crippen molar-refractivity contribution in [2.24, 2.45) is 0 Å². The standard InChI is InChI=1S/C27H29F2N5O2/c28-21-3-1-2-17-13-23(32-26(35)24(17)21)16-4-7-19(12-16)33-8-10-34(11-9-33)20-14-22(29)25(30-15-20)27(36)31-18-5-6-18/h1-3,13-16,18-19H,4-12H2,(H,31,36)(H,32,35)/t16-,19+/m1/s1. The van der Waals surface area contributed by atoms with Crippen LogP contribution in [0.25, 0.3) is 10.8 Å². The van der Waals surface area contributed by atoms with Crippen LogP contribution in [0.3, 0.4) is 0 Å². The lowest BCUT2D eigenvalue weighted by Gasteiger charge is -2.39. The van der Waals surface area contributed by atoms with E-state index in [1.165, 1.54) is 12.1 Å². The molecule has 9 heteroatoms. The zero-order valence-electron chi connectivity index (χ0n) is 20.0. The lowest BCUT2D eigenvalue weighted by molar-refractivity contribution is 0.0941. The lowest BCUT2D eigenvalue weighted by atomic mass is 10.00. The second kappa shape index (κ2) is 9.28. The van der Waals surface area contributed by atoms with Crippen molar-refractivity contribution in [2.45, 2.75) is 50.1 Å². The highest BCUT2D eigenvalue weighted by Gasteiger charge is 2.33. The van der Waals surface area contributed by atoms with Crippen LogP contribution in [0.1, 0.15) is 54.2 Å². The van der Waals surface area contributed by atoms with Crippen LogP contribution < -0.4 is 15.8 Å². The van der Waals surface area contributed by atoms with E-state index in [0.29, 0.717) is 17.1 Å². The molecule has 0 bridgehead atoms. The van der Waals surface area contributed by atoms with Gasteiger partial charge in [-0.1, -0.05) is 12.1 Å². The molecule has 3 aliphatic rings. The van der Waals surface area contributed by atoms with Crippen molar-refractivity contribution in [1.82, 2.24) is 20.2 Å². The first-order valence-electron chi connectivity index (χ1n) is 12.7. The molecule has 2 saturated carbocycles. The van der Waals surface area contributed by atoms with Gasteiger partial charge in [0.1, 0.15) is 5.82 Å². The molecule has 3 aromatic rings. The average molecular weight is 494 g/mol. The number of H-pyrrole nitrogens is 1. The number of halogens is 2. The van der Waals surface area contributed by atoms with Gasteiger partial charge in [-0.25, -0.2) is 13.8 Å². The summed E-state index contributed by atoms with van der Waals surface area (Å²) in [6.07, 6.45) is 6.42. The predicted molar refractivity (Wildman–Crippen MR) is 133 cm³/mol. The third-order valence-electron chi connectivity index (χ3n) is 7.84. The van der Waals surface area contributed by atoms with Gasteiger partial charge in [-0.05, 0) is 49.6 Å². The summed E-state index contributed by atoms with van der Waals surface area (Å²) >= 11 is 0. The van der Waals surface area contributed by atoms with Crippen molar-refractivity contribution in [2.75, 3.05) is 31.1 Å². The van der Waals surface area contributed by atoms with Gasteiger partial charge in [0.25, 0.3) is 11.5 Å². The van der Waals surface area contributed by atoms with Crippen LogP contribution in [-0.2, 0) is 0 Å². The third kappa shape index (κ3) is 4.48. The number of hydrogen-bond donors (Lipinski definition) is 2. The monoisotopic (exact) mass is 493 g/mol.